The fourth-order valence-corrected chi connectivity index (χ4v) is 0.786. The van der Waals surface area contributed by atoms with Crippen molar-refractivity contribution in [2.45, 2.75) is 19.4 Å². The van der Waals surface area contributed by atoms with E-state index >= 15 is 0 Å². The van der Waals surface area contributed by atoms with Crippen molar-refractivity contribution >= 4 is 0 Å². The molecule has 0 aromatic heterocycles. The fourth-order valence-electron chi connectivity index (χ4n) is 0.786. The van der Waals surface area contributed by atoms with Gasteiger partial charge in [0.1, 0.15) is 6.10 Å². The van der Waals surface area contributed by atoms with Crippen LogP contribution in [0, 0.1) is 16.0 Å². The molecule has 0 fully saturated rings. The lowest BCUT2D eigenvalue weighted by Crippen LogP contribution is -2.22. The Morgan fingerprint density at radius 2 is 2.18 bits per heavy atom. The second kappa shape index (κ2) is 5.03. The van der Waals surface area contributed by atoms with E-state index in [1.165, 1.54) is 0 Å². The van der Waals surface area contributed by atoms with Gasteiger partial charge in [-0.2, -0.15) is 0 Å². The van der Waals surface area contributed by atoms with Crippen LogP contribution >= 0.6 is 0 Å². The molecule has 0 amide bonds. The maximum atomic E-state index is 9.86. The molecule has 0 bridgehead atoms. The van der Waals surface area contributed by atoms with Gasteiger partial charge in [0.2, 0.25) is 6.54 Å². The van der Waals surface area contributed by atoms with Crippen LogP contribution in [0.25, 0.3) is 0 Å². The standard InChI is InChI=1S/C6H13NO4/c1-5(4-8)2-6(9)3-7(10)11/h5-6,8-9H,2-4H2,1H3. The summed E-state index contributed by atoms with van der Waals surface area (Å²) in [6.07, 6.45) is -0.663. The number of rotatable bonds is 5. The summed E-state index contributed by atoms with van der Waals surface area (Å²) in [5.74, 6) is -0.0788. The molecular formula is C6H13NO4. The summed E-state index contributed by atoms with van der Waals surface area (Å²) in [4.78, 5) is 9.30. The molecule has 66 valence electrons. The molecule has 5 nitrogen and oxygen atoms in total. The third-order valence-electron chi connectivity index (χ3n) is 1.35. The van der Waals surface area contributed by atoms with Crippen molar-refractivity contribution < 1.29 is 15.1 Å². The predicted molar refractivity (Wildman–Crippen MR) is 38.7 cm³/mol. The molecular weight excluding hydrogens is 150 g/mol. The molecule has 2 unspecified atom stereocenters. The maximum absolute atomic E-state index is 9.86. The van der Waals surface area contributed by atoms with Gasteiger partial charge in [0.25, 0.3) is 0 Å². The van der Waals surface area contributed by atoms with Crippen LogP contribution in [-0.2, 0) is 0 Å². The van der Waals surface area contributed by atoms with E-state index in [0.717, 1.165) is 0 Å². The van der Waals surface area contributed by atoms with Crippen LogP contribution in [0.2, 0.25) is 0 Å². The molecule has 0 aliphatic rings. The Kier molecular flexibility index (Phi) is 4.72. The maximum Gasteiger partial charge on any atom is 0.229 e. The first-order valence-electron chi connectivity index (χ1n) is 3.47. The minimum absolute atomic E-state index is 0.0469. The average Bonchev–Trinajstić information content (AvgIpc) is 1.85. The Morgan fingerprint density at radius 3 is 2.55 bits per heavy atom. The Hall–Kier alpha value is -0.680. The van der Waals surface area contributed by atoms with Crippen LogP contribution < -0.4 is 0 Å². The van der Waals surface area contributed by atoms with Gasteiger partial charge in [-0.1, -0.05) is 6.92 Å². The van der Waals surface area contributed by atoms with Gasteiger partial charge in [0, 0.05) is 11.5 Å². The summed E-state index contributed by atoms with van der Waals surface area (Å²) in [6, 6.07) is 0. The Bertz CT molecular complexity index is 128. The molecule has 11 heavy (non-hydrogen) atoms. The largest absolute Gasteiger partial charge is 0.396 e. The average molecular weight is 163 g/mol. The quantitative estimate of drug-likeness (QED) is 0.428. The van der Waals surface area contributed by atoms with Crippen LogP contribution in [0.5, 0.6) is 0 Å². The minimum Gasteiger partial charge on any atom is -0.396 e. The summed E-state index contributed by atoms with van der Waals surface area (Å²) in [6.45, 7) is 1.24. The highest BCUT2D eigenvalue weighted by Gasteiger charge is 2.14. The summed E-state index contributed by atoms with van der Waals surface area (Å²) < 4.78 is 0. The van der Waals surface area contributed by atoms with E-state index in [0.29, 0.717) is 0 Å². The zero-order chi connectivity index (χ0) is 8.85. The van der Waals surface area contributed by atoms with Crippen LogP contribution in [0.4, 0.5) is 0 Å². The third-order valence-corrected chi connectivity index (χ3v) is 1.35. The third kappa shape index (κ3) is 5.75. The summed E-state index contributed by atoms with van der Waals surface area (Å²) in [7, 11) is 0. The van der Waals surface area contributed by atoms with Crippen molar-refractivity contribution in [3.63, 3.8) is 0 Å². The van der Waals surface area contributed by atoms with Gasteiger partial charge < -0.3 is 10.2 Å². The first-order chi connectivity index (χ1) is 5.06. The first kappa shape index (κ1) is 10.3. The van der Waals surface area contributed by atoms with E-state index in [-0.39, 0.29) is 18.9 Å². The second-order valence-electron chi connectivity index (χ2n) is 2.69. The van der Waals surface area contributed by atoms with E-state index in [2.05, 4.69) is 0 Å². The Morgan fingerprint density at radius 1 is 1.64 bits per heavy atom. The first-order valence-corrected chi connectivity index (χ1v) is 3.47. The number of hydrogen-bond donors (Lipinski definition) is 2. The molecule has 0 spiro atoms. The molecule has 0 rings (SSSR count). The monoisotopic (exact) mass is 163 g/mol. The molecule has 2 atom stereocenters. The topological polar surface area (TPSA) is 83.6 Å². The van der Waals surface area contributed by atoms with E-state index in [1.54, 1.807) is 6.92 Å². The van der Waals surface area contributed by atoms with Crippen molar-refractivity contribution in [2.24, 2.45) is 5.92 Å². The van der Waals surface area contributed by atoms with Gasteiger partial charge in [-0.3, -0.25) is 10.1 Å². The SMILES string of the molecule is CC(CO)CC(O)C[N+](=O)[O-]. The molecule has 0 aromatic carbocycles. The van der Waals surface area contributed by atoms with Crippen LogP contribution in [-0.4, -0.2) is 34.4 Å². The number of nitro groups is 1. The highest BCUT2D eigenvalue weighted by molar-refractivity contribution is 4.58. The van der Waals surface area contributed by atoms with E-state index in [1.807, 2.05) is 0 Å². The lowest BCUT2D eigenvalue weighted by Gasteiger charge is -2.09. The predicted octanol–water partition coefficient (Wildman–Crippen LogP) is -0.358. The van der Waals surface area contributed by atoms with Gasteiger partial charge in [0.05, 0.1) is 0 Å². The van der Waals surface area contributed by atoms with Gasteiger partial charge in [-0.05, 0) is 12.3 Å². The van der Waals surface area contributed by atoms with Crippen LogP contribution in [0.3, 0.4) is 0 Å². The zero-order valence-corrected chi connectivity index (χ0v) is 6.43. The van der Waals surface area contributed by atoms with Gasteiger partial charge in [-0.25, -0.2) is 0 Å². The summed E-state index contributed by atoms with van der Waals surface area (Å²) in [5, 5.41) is 27.4. The minimum atomic E-state index is -0.938. The summed E-state index contributed by atoms with van der Waals surface area (Å²) in [5.41, 5.74) is 0. The van der Waals surface area contributed by atoms with Gasteiger partial charge in [-0.15, -0.1) is 0 Å². The fraction of sp³-hybridized carbons (Fsp3) is 1.00. The highest BCUT2D eigenvalue weighted by Crippen LogP contribution is 2.04. The number of hydrogen-bond acceptors (Lipinski definition) is 4. The number of aliphatic hydroxyl groups excluding tert-OH is 2. The van der Waals surface area contributed by atoms with Gasteiger partial charge >= 0.3 is 0 Å². The van der Waals surface area contributed by atoms with Crippen molar-refractivity contribution in [3.8, 4) is 0 Å². The van der Waals surface area contributed by atoms with Crippen molar-refractivity contribution in [2.75, 3.05) is 13.2 Å². The molecule has 0 saturated carbocycles. The molecule has 0 aliphatic carbocycles. The zero-order valence-electron chi connectivity index (χ0n) is 6.43. The summed E-state index contributed by atoms with van der Waals surface area (Å²) >= 11 is 0. The normalized spacial score (nSPS) is 15.9. The van der Waals surface area contributed by atoms with E-state index in [4.69, 9.17) is 10.2 Å². The van der Waals surface area contributed by atoms with Crippen LogP contribution in [0.1, 0.15) is 13.3 Å². The molecule has 0 heterocycles. The van der Waals surface area contributed by atoms with Crippen LogP contribution in [0.15, 0.2) is 0 Å². The Balaban J connectivity index is 3.51. The van der Waals surface area contributed by atoms with E-state index in [9.17, 15) is 10.1 Å². The lowest BCUT2D eigenvalue weighted by molar-refractivity contribution is -0.490. The van der Waals surface area contributed by atoms with Crippen molar-refractivity contribution in [3.05, 3.63) is 10.1 Å². The van der Waals surface area contributed by atoms with Crippen molar-refractivity contribution in [1.82, 2.24) is 0 Å². The smallest absolute Gasteiger partial charge is 0.229 e. The number of aliphatic hydroxyl groups is 2. The highest BCUT2D eigenvalue weighted by atomic mass is 16.6. The number of nitrogens with zero attached hydrogens (tertiary/aromatic N) is 1. The van der Waals surface area contributed by atoms with Gasteiger partial charge in [0.15, 0.2) is 0 Å². The Labute approximate surface area is 64.8 Å². The second-order valence-corrected chi connectivity index (χ2v) is 2.69. The molecule has 0 aromatic rings. The molecule has 0 aliphatic heterocycles. The molecule has 0 saturated heterocycles. The van der Waals surface area contributed by atoms with Crippen molar-refractivity contribution in [1.29, 1.82) is 0 Å². The lowest BCUT2D eigenvalue weighted by atomic mass is 10.1. The molecule has 0 radical (unpaired) electrons. The molecule has 2 N–H and O–H groups in total. The molecule has 5 heteroatoms. The van der Waals surface area contributed by atoms with E-state index < -0.39 is 17.6 Å².